The van der Waals surface area contributed by atoms with Gasteiger partial charge in [-0.1, -0.05) is 13.8 Å². The van der Waals surface area contributed by atoms with Crippen LogP contribution in [0.4, 0.5) is 13.2 Å². The average Bonchev–Trinajstić information content (AvgIpc) is 2.03. The minimum atomic E-state index is -4.12. The Morgan fingerprint density at radius 3 is 1.92 bits per heavy atom. The molecule has 0 radical (unpaired) electrons. The monoisotopic (exact) mass is 195 g/mol. The molecule has 4 heteroatoms. The Morgan fingerprint density at radius 1 is 1.15 bits per heavy atom. The van der Waals surface area contributed by atoms with Gasteiger partial charge in [0.15, 0.2) is 0 Å². The highest BCUT2D eigenvalue weighted by molar-refractivity contribution is 4.75. The van der Waals surface area contributed by atoms with Gasteiger partial charge in [0.2, 0.25) is 0 Å². The molecule has 1 fully saturated rings. The SMILES string of the molecule is CC(C)C1CCN(C(F)(F)F)CC1. The number of likely N-dealkylation sites (tertiary alicyclic amines) is 1. The summed E-state index contributed by atoms with van der Waals surface area (Å²) >= 11 is 0. The molecule has 1 saturated heterocycles. The van der Waals surface area contributed by atoms with Crippen molar-refractivity contribution in [2.75, 3.05) is 13.1 Å². The lowest BCUT2D eigenvalue weighted by Gasteiger charge is -2.34. The first kappa shape index (κ1) is 10.8. The first-order valence-corrected chi connectivity index (χ1v) is 4.73. The Hall–Kier alpha value is -0.250. The topological polar surface area (TPSA) is 3.24 Å². The fourth-order valence-electron chi connectivity index (χ4n) is 1.82. The van der Waals surface area contributed by atoms with E-state index in [4.69, 9.17) is 0 Å². The summed E-state index contributed by atoms with van der Waals surface area (Å²) in [6, 6.07) is 0. The van der Waals surface area contributed by atoms with E-state index in [1.54, 1.807) is 0 Å². The van der Waals surface area contributed by atoms with Gasteiger partial charge in [0.1, 0.15) is 0 Å². The third-order valence-corrected chi connectivity index (χ3v) is 2.84. The average molecular weight is 195 g/mol. The fourth-order valence-corrected chi connectivity index (χ4v) is 1.82. The maximum absolute atomic E-state index is 12.2. The maximum Gasteiger partial charge on any atom is 0.459 e. The predicted molar refractivity (Wildman–Crippen MR) is 45.2 cm³/mol. The second-order valence-corrected chi connectivity index (χ2v) is 4.04. The summed E-state index contributed by atoms with van der Waals surface area (Å²) in [5, 5.41) is 0. The molecule has 13 heavy (non-hydrogen) atoms. The van der Waals surface area contributed by atoms with Crippen LogP contribution < -0.4 is 0 Å². The highest BCUT2D eigenvalue weighted by Gasteiger charge is 2.39. The minimum Gasteiger partial charge on any atom is -0.214 e. The second kappa shape index (κ2) is 3.86. The summed E-state index contributed by atoms with van der Waals surface area (Å²) < 4.78 is 36.6. The molecular formula is C9H16F3N. The maximum atomic E-state index is 12.2. The number of alkyl halides is 3. The fraction of sp³-hybridized carbons (Fsp3) is 1.00. The number of halogens is 3. The summed E-state index contributed by atoms with van der Waals surface area (Å²) in [5.74, 6) is 0.981. The number of nitrogens with zero attached hydrogens (tertiary/aromatic N) is 1. The minimum absolute atomic E-state index is 0.173. The zero-order valence-corrected chi connectivity index (χ0v) is 8.06. The van der Waals surface area contributed by atoms with Gasteiger partial charge >= 0.3 is 6.30 Å². The molecule has 0 spiro atoms. The van der Waals surface area contributed by atoms with Crippen LogP contribution in [0.3, 0.4) is 0 Å². The van der Waals surface area contributed by atoms with E-state index in [9.17, 15) is 13.2 Å². The second-order valence-electron chi connectivity index (χ2n) is 4.04. The lowest BCUT2D eigenvalue weighted by Crippen LogP contribution is -2.44. The van der Waals surface area contributed by atoms with E-state index in [1.165, 1.54) is 0 Å². The molecular weight excluding hydrogens is 179 g/mol. The molecule has 0 atom stereocenters. The van der Waals surface area contributed by atoms with Gasteiger partial charge in [0.25, 0.3) is 0 Å². The van der Waals surface area contributed by atoms with E-state index in [0.717, 1.165) is 0 Å². The Bertz CT molecular complexity index is 157. The lowest BCUT2D eigenvalue weighted by atomic mass is 9.87. The Balaban J connectivity index is 2.39. The number of piperidine rings is 1. The van der Waals surface area contributed by atoms with E-state index >= 15 is 0 Å². The van der Waals surface area contributed by atoms with Crippen molar-refractivity contribution in [1.82, 2.24) is 4.90 Å². The van der Waals surface area contributed by atoms with Crippen molar-refractivity contribution in [3.8, 4) is 0 Å². The quantitative estimate of drug-likeness (QED) is 0.581. The summed E-state index contributed by atoms with van der Waals surface area (Å²) in [5.41, 5.74) is 0. The summed E-state index contributed by atoms with van der Waals surface area (Å²) in [6.07, 6.45) is -2.77. The molecule has 0 aromatic rings. The van der Waals surface area contributed by atoms with Crippen molar-refractivity contribution in [3.63, 3.8) is 0 Å². The van der Waals surface area contributed by atoms with Crippen molar-refractivity contribution in [2.45, 2.75) is 33.0 Å². The Morgan fingerprint density at radius 2 is 1.62 bits per heavy atom. The van der Waals surface area contributed by atoms with Gasteiger partial charge in [-0.2, -0.15) is 13.2 Å². The van der Waals surface area contributed by atoms with E-state index in [0.29, 0.717) is 29.6 Å². The lowest BCUT2D eigenvalue weighted by molar-refractivity contribution is -0.252. The molecule has 78 valence electrons. The van der Waals surface area contributed by atoms with Crippen molar-refractivity contribution in [2.24, 2.45) is 11.8 Å². The van der Waals surface area contributed by atoms with E-state index in [1.807, 2.05) is 0 Å². The molecule has 0 saturated carbocycles. The first-order valence-electron chi connectivity index (χ1n) is 4.73. The molecule has 0 aliphatic carbocycles. The van der Waals surface area contributed by atoms with E-state index < -0.39 is 6.30 Å². The summed E-state index contributed by atoms with van der Waals surface area (Å²) in [7, 11) is 0. The van der Waals surface area contributed by atoms with Gasteiger partial charge in [0, 0.05) is 13.1 Å². The molecule has 1 heterocycles. The summed E-state index contributed by atoms with van der Waals surface area (Å²) in [6.45, 7) is 4.50. The van der Waals surface area contributed by atoms with E-state index in [2.05, 4.69) is 13.8 Å². The van der Waals surface area contributed by atoms with Crippen LogP contribution >= 0.6 is 0 Å². The van der Waals surface area contributed by atoms with Gasteiger partial charge in [-0.25, -0.2) is 4.90 Å². The van der Waals surface area contributed by atoms with Crippen LogP contribution in [-0.2, 0) is 0 Å². The normalized spacial score (nSPS) is 22.6. The van der Waals surface area contributed by atoms with Crippen molar-refractivity contribution >= 4 is 0 Å². The van der Waals surface area contributed by atoms with Crippen LogP contribution in [0.5, 0.6) is 0 Å². The van der Waals surface area contributed by atoms with Gasteiger partial charge in [-0.3, -0.25) is 0 Å². The van der Waals surface area contributed by atoms with Crippen molar-refractivity contribution in [1.29, 1.82) is 0 Å². The van der Waals surface area contributed by atoms with Gasteiger partial charge in [0.05, 0.1) is 0 Å². The van der Waals surface area contributed by atoms with Crippen LogP contribution in [0, 0.1) is 11.8 Å². The van der Waals surface area contributed by atoms with Crippen LogP contribution in [0.1, 0.15) is 26.7 Å². The molecule has 0 bridgehead atoms. The summed E-state index contributed by atoms with van der Waals surface area (Å²) in [4.78, 5) is 0.617. The first-order chi connectivity index (χ1) is 5.91. The highest BCUT2D eigenvalue weighted by Crippen LogP contribution is 2.30. The van der Waals surface area contributed by atoms with Crippen LogP contribution in [0.2, 0.25) is 0 Å². The standard InChI is InChI=1S/C9H16F3N/c1-7(2)8-3-5-13(6-4-8)9(10,11)12/h7-8H,3-6H2,1-2H3. The van der Waals surface area contributed by atoms with Crippen molar-refractivity contribution < 1.29 is 13.2 Å². The van der Waals surface area contributed by atoms with Gasteiger partial charge in [-0.05, 0) is 24.7 Å². The molecule has 0 unspecified atom stereocenters. The molecule has 0 amide bonds. The van der Waals surface area contributed by atoms with Crippen LogP contribution in [0.15, 0.2) is 0 Å². The largest absolute Gasteiger partial charge is 0.459 e. The van der Waals surface area contributed by atoms with Crippen LogP contribution in [-0.4, -0.2) is 24.3 Å². The van der Waals surface area contributed by atoms with Crippen LogP contribution in [0.25, 0.3) is 0 Å². The molecule has 0 aromatic carbocycles. The zero-order chi connectivity index (χ0) is 10.1. The number of hydrogen-bond donors (Lipinski definition) is 0. The molecule has 1 rings (SSSR count). The predicted octanol–water partition coefficient (Wildman–Crippen LogP) is 2.87. The molecule has 1 aliphatic heterocycles. The smallest absolute Gasteiger partial charge is 0.214 e. The third kappa shape index (κ3) is 2.86. The van der Waals surface area contributed by atoms with Gasteiger partial charge < -0.3 is 0 Å². The molecule has 0 aromatic heterocycles. The highest BCUT2D eigenvalue weighted by atomic mass is 19.4. The number of hydrogen-bond acceptors (Lipinski definition) is 1. The number of rotatable bonds is 1. The van der Waals surface area contributed by atoms with Crippen molar-refractivity contribution in [3.05, 3.63) is 0 Å². The van der Waals surface area contributed by atoms with Gasteiger partial charge in [-0.15, -0.1) is 0 Å². The Labute approximate surface area is 76.9 Å². The molecule has 1 nitrogen and oxygen atoms in total. The molecule has 1 aliphatic rings. The third-order valence-electron chi connectivity index (χ3n) is 2.84. The molecule has 0 N–H and O–H groups in total. The van der Waals surface area contributed by atoms with E-state index in [-0.39, 0.29) is 13.1 Å². The Kier molecular flexibility index (Phi) is 3.22. The zero-order valence-electron chi connectivity index (χ0n) is 8.06.